The molecule has 0 radical (unpaired) electrons. The van der Waals surface area contributed by atoms with Crippen molar-refractivity contribution in [1.29, 1.82) is 0 Å². The average Bonchev–Trinajstić information content (AvgIpc) is 2.01. The first-order valence-electron chi connectivity index (χ1n) is 3.61. The molecule has 0 saturated heterocycles. The van der Waals surface area contributed by atoms with Gasteiger partial charge in [-0.05, 0) is 6.92 Å². The van der Waals surface area contributed by atoms with Crippen LogP contribution in [0.4, 0.5) is 4.79 Å². The van der Waals surface area contributed by atoms with Crippen molar-refractivity contribution in [1.82, 2.24) is 0 Å². The molecule has 0 aromatic carbocycles. The Kier molecular flexibility index (Phi) is 5.03. The van der Waals surface area contributed by atoms with Crippen LogP contribution >= 0.6 is 0 Å². The minimum atomic E-state index is -0.625. The number of amides is 1. The van der Waals surface area contributed by atoms with Gasteiger partial charge >= 0.3 is 11.8 Å². The van der Waals surface area contributed by atoms with Gasteiger partial charge in [0.25, 0.3) is 0 Å². The molecular formula is C7H13N2O2+. The van der Waals surface area contributed by atoms with Gasteiger partial charge < -0.3 is 4.74 Å². The quantitative estimate of drug-likeness (QED) is 0.348. The van der Waals surface area contributed by atoms with E-state index in [9.17, 15) is 4.79 Å². The maximum Gasteiger partial charge on any atom is 0.509 e. The fraction of sp³-hybridized carbons (Fsp3) is 0.714. The van der Waals surface area contributed by atoms with Crippen molar-refractivity contribution in [3.8, 4) is 0 Å². The van der Waals surface area contributed by atoms with Crippen molar-refractivity contribution in [3.05, 3.63) is 0 Å². The molecule has 0 saturated carbocycles. The molecule has 0 aliphatic heterocycles. The first kappa shape index (κ1) is 9.85. The second kappa shape index (κ2) is 5.62. The monoisotopic (exact) mass is 157 g/mol. The molecule has 0 heterocycles. The van der Waals surface area contributed by atoms with Gasteiger partial charge in [-0.25, -0.2) is 4.79 Å². The molecule has 4 heteroatoms. The predicted octanol–water partition coefficient (Wildman–Crippen LogP) is 1.67. The largest absolute Gasteiger partial charge is 0.509 e. The van der Waals surface area contributed by atoms with E-state index in [1.807, 2.05) is 13.8 Å². The van der Waals surface area contributed by atoms with Crippen LogP contribution in [0.5, 0.6) is 0 Å². The Morgan fingerprint density at radius 2 is 2.18 bits per heavy atom. The average molecular weight is 157 g/mol. The number of nitrogens with zero attached hydrogens (tertiary/aromatic N) is 2. The Balaban J connectivity index is 4.00. The highest BCUT2D eigenvalue weighted by molar-refractivity contribution is 5.76. The van der Waals surface area contributed by atoms with Crippen molar-refractivity contribution in [2.45, 2.75) is 27.2 Å². The van der Waals surface area contributed by atoms with Gasteiger partial charge in [-0.1, -0.05) is 6.92 Å². The zero-order valence-electron chi connectivity index (χ0n) is 7.13. The van der Waals surface area contributed by atoms with E-state index >= 15 is 0 Å². The van der Waals surface area contributed by atoms with Crippen molar-refractivity contribution in [3.63, 3.8) is 0 Å². The molecule has 62 valence electrons. The van der Waals surface area contributed by atoms with E-state index in [1.165, 1.54) is 0 Å². The lowest BCUT2D eigenvalue weighted by molar-refractivity contribution is -0.0891. The fourth-order valence-corrected chi connectivity index (χ4v) is 0.349. The number of carbonyl (C=O) groups excluding carboxylic acids is 1. The second-order valence-electron chi connectivity index (χ2n) is 1.99. The smallest absolute Gasteiger partial charge is 0.444 e. The number of carbonyl (C=O) groups is 1. The molecule has 0 aromatic heterocycles. The summed E-state index contributed by atoms with van der Waals surface area (Å²) in [6, 6.07) is 0. The minimum Gasteiger partial charge on any atom is -0.444 e. The van der Waals surface area contributed by atoms with Crippen molar-refractivity contribution in [2.24, 2.45) is 5.11 Å². The molecular weight excluding hydrogens is 144 g/mol. The first-order valence-corrected chi connectivity index (χ1v) is 3.61. The molecule has 1 amide bonds. The zero-order chi connectivity index (χ0) is 8.69. The lowest BCUT2D eigenvalue weighted by Gasteiger charge is -1.85. The van der Waals surface area contributed by atoms with Crippen LogP contribution in [0.3, 0.4) is 0 Å². The van der Waals surface area contributed by atoms with E-state index in [1.54, 1.807) is 6.92 Å². The summed E-state index contributed by atoms with van der Waals surface area (Å²) in [5.74, 6) is 0. The predicted molar refractivity (Wildman–Crippen MR) is 40.7 cm³/mol. The van der Waals surface area contributed by atoms with Crippen LogP contribution < -0.4 is 0 Å². The van der Waals surface area contributed by atoms with Crippen LogP contribution in [0.2, 0.25) is 0 Å². The lowest BCUT2D eigenvalue weighted by atomic mass is 10.3. The maximum absolute atomic E-state index is 10.6. The molecule has 0 unspecified atom stereocenters. The Labute approximate surface area is 66.0 Å². The standard InChI is InChI=1S/C7H13N2O2/c1-4-6(3)8-9-7(10)11-5-2/h4-5H2,1-3H3/q+1. The van der Waals surface area contributed by atoms with Gasteiger partial charge in [-0.2, -0.15) is 0 Å². The summed E-state index contributed by atoms with van der Waals surface area (Å²) in [5.41, 5.74) is 0.818. The molecule has 0 fully saturated rings. The Hall–Kier alpha value is -1.15. The summed E-state index contributed by atoms with van der Waals surface area (Å²) >= 11 is 0. The minimum absolute atomic E-state index is 0.336. The fourth-order valence-electron chi connectivity index (χ4n) is 0.349. The molecule has 0 aliphatic carbocycles. The third-order valence-electron chi connectivity index (χ3n) is 1.08. The van der Waals surface area contributed by atoms with Gasteiger partial charge in [0.15, 0.2) is 0 Å². The topological polar surface area (TPSA) is 52.8 Å². The summed E-state index contributed by atoms with van der Waals surface area (Å²) in [6.07, 6.45) is 0.170. The van der Waals surface area contributed by atoms with Crippen LogP contribution in [0, 0.1) is 0 Å². The summed E-state index contributed by atoms with van der Waals surface area (Å²) in [7, 11) is 0. The molecule has 0 bridgehead atoms. The Morgan fingerprint density at radius 1 is 1.55 bits per heavy atom. The van der Waals surface area contributed by atoms with E-state index < -0.39 is 6.09 Å². The van der Waals surface area contributed by atoms with E-state index in [0.29, 0.717) is 6.61 Å². The highest BCUT2D eigenvalue weighted by Gasteiger charge is 2.04. The third-order valence-corrected chi connectivity index (χ3v) is 1.08. The molecule has 0 atom stereocenters. The lowest BCUT2D eigenvalue weighted by Crippen LogP contribution is -1.98. The number of rotatable bonds is 2. The molecule has 0 rings (SSSR count). The normalized spacial score (nSPS) is 8.27. The Morgan fingerprint density at radius 3 is 2.64 bits per heavy atom. The molecule has 0 spiro atoms. The number of hydrogen-bond donors (Lipinski definition) is 0. The van der Waals surface area contributed by atoms with Gasteiger partial charge in [0.1, 0.15) is 0 Å². The van der Waals surface area contributed by atoms with Gasteiger partial charge in [0.2, 0.25) is 5.11 Å². The van der Waals surface area contributed by atoms with Gasteiger partial charge in [0.05, 0.1) is 11.4 Å². The molecule has 0 N–H and O–H groups in total. The SMILES string of the molecule is CCOC(=O)N=[N+]=C(C)CC. The maximum atomic E-state index is 10.6. The van der Waals surface area contributed by atoms with Crippen molar-refractivity contribution >= 4 is 11.8 Å². The Bertz CT molecular complexity index is 193. The summed E-state index contributed by atoms with van der Waals surface area (Å²) in [5, 5.41) is 3.31. The van der Waals surface area contributed by atoms with Crippen LogP contribution in [-0.2, 0) is 4.74 Å². The van der Waals surface area contributed by atoms with Crippen molar-refractivity contribution in [2.75, 3.05) is 6.61 Å². The zero-order valence-corrected chi connectivity index (χ0v) is 7.13. The van der Waals surface area contributed by atoms with E-state index in [0.717, 1.165) is 12.1 Å². The summed E-state index contributed by atoms with van der Waals surface area (Å²) in [4.78, 5) is 14.2. The highest BCUT2D eigenvalue weighted by Crippen LogP contribution is 1.81. The van der Waals surface area contributed by atoms with Gasteiger partial charge in [0, 0.05) is 13.3 Å². The van der Waals surface area contributed by atoms with E-state index in [4.69, 9.17) is 0 Å². The molecule has 4 nitrogen and oxygen atoms in total. The number of ether oxygens (including phenoxy) is 1. The number of hydrogen-bond acceptors (Lipinski definition) is 2. The highest BCUT2D eigenvalue weighted by atomic mass is 16.5. The van der Waals surface area contributed by atoms with Crippen LogP contribution in [-0.4, -0.2) is 23.2 Å². The van der Waals surface area contributed by atoms with E-state index in [2.05, 4.69) is 14.6 Å². The van der Waals surface area contributed by atoms with Crippen LogP contribution in [0.1, 0.15) is 27.2 Å². The second-order valence-corrected chi connectivity index (χ2v) is 1.99. The van der Waals surface area contributed by atoms with Crippen LogP contribution in [0.25, 0.3) is 0 Å². The van der Waals surface area contributed by atoms with Crippen molar-refractivity contribution < 1.29 is 14.3 Å². The molecule has 11 heavy (non-hydrogen) atoms. The summed E-state index contributed by atoms with van der Waals surface area (Å²) in [6.45, 7) is 5.81. The van der Waals surface area contributed by atoms with Gasteiger partial charge in [-0.3, -0.25) is 0 Å². The van der Waals surface area contributed by atoms with Gasteiger partial charge in [-0.15, -0.1) is 0 Å². The first-order chi connectivity index (χ1) is 5.20. The van der Waals surface area contributed by atoms with E-state index in [-0.39, 0.29) is 0 Å². The third kappa shape index (κ3) is 5.30. The molecule has 0 aliphatic rings. The van der Waals surface area contributed by atoms with Crippen LogP contribution in [0.15, 0.2) is 5.11 Å². The summed E-state index contributed by atoms with van der Waals surface area (Å²) < 4.78 is 4.52. The molecule has 0 aromatic rings.